The maximum absolute atomic E-state index is 9.91. The van der Waals surface area contributed by atoms with Gasteiger partial charge < -0.3 is 10.2 Å². The van der Waals surface area contributed by atoms with Crippen molar-refractivity contribution in [3.05, 3.63) is 10.2 Å². The first-order valence-electron chi connectivity index (χ1n) is 5.22. The highest BCUT2D eigenvalue weighted by atomic mass is 127. The summed E-state index contributed by atoms with van der Waals surface area (Å²) in [6.45, 7) is 3.85. The van der Waals surface area contributed by atoms with Crippen LogP contribution in [-0.4, -0.2) is 21.9 Å². The van der Waals surface area contributed by atoms with Gasteiger partial charge >= 0.3 is 0 Å². The van der Waals surface area contributed by atoms with E-state index in [1.54, 1.807) is 17.1 Å². The quantitative estimate of drug-likeness (QED) is 0.560. The van der Waals surface area contributed by atoms with Gasteiger partial charge in [-0.15, -0.1) is 0 Å². The average Bonchev–Trinajstić information content (AvgIpc) is 2.13. The molecule has 0 fully saturated rings. The summed E-state index contributed by atoms with van der Waals surface area (Å²) in [5.41, 5.74) is -0.977. The highest BCUT2D eigenvalue weighted by Gasteiger charge is 2.27. The standard InChI is InChI=1S/C11H21IO2/c1-3-4-5-6-8-11(2,14)10(13)7-9-12/h7,9-10,13-14H,3-6,8H2,1-2H3. The Morgan fingerprint density at radius 2 is 2.00 bits per heavy atom. The van der Waals surface area contributed by atoms with Crippen molar-refractivity contribution in [1.82, 2.24) is 0 Å². The van der Waals surface area contributed by atoms with E-state index in [1.807, 2.05) is 22.6 Å². The third-order valence-corrected chi connectivity index (χ3v) is 2.84. The molecule has 2 unspecified atom stereocenters. The summed E-state index contributed by atoms with van der Waals surface area (Å²) in [5, 5.41) is 19.5. The van der Waals surface area contributed by atoms with Crippen LogP contribution in [0.5, 0.6) is 0 Å². The van der Waals surface area contributed by atoms with E-state index < -0.39 is 11.7 Å². The normalized spacial score (nSPS) is 18.4. The second-order valence-electron chi connectivity index (χ2n) is 3.93. The predicted octanol–water partition coefficient (Wildman–Crippen LogP) is 3.02. The minimum atomic E-state index is -0.977. The zero-order valence-corrected chi connectivity index (χ0v) is 11.2. The Morgan fingerprint density at radius 3 is 2.50 bits per heavy atom. The summed E-state index contributed by atoms with van der Waals surface area (Å²) < 4.78 is 1.74. The van der Waals surface area contributed by atoms with Gasteiger partial charge in [0.25, 0.3) is 0 Å². The molecule has 0 saturated heterocycles. The average molecular weight is 312 g/mol. The number of aliphatic hydroxyl groups is 2. The van der Waals surface area contributed by atoms with Crippen LogP contribution in [0.3, 0.4) is 0 Å². The number of hydrogen-bond donors (Lipinski definition) is 2. The first-order chi connectivity index (χ1) is 6.54. The second-order valence-corrected chi connectivity index (χ2v) is 4.65. The lowest BCUT2D eigenvalue weighted by atomic mass is 9.92. The third kappa shape index (κ3) is 5.98. The van der Waals surface area contributed by atoms with Crippen LogP contribution in [-0.2, 0) is 0 Å². The van der Waals surface area contributed by atoms with E-state index in [2.05, 4.69) is 6.92 Å². The summed E-state index contributed by atoms with van der Waals surface area (Å²) in [6.07, 6.45) is 6.05. The van der Waals surface area contributed by atoms with Crippen molar-refractivity contribution in [2.45, 2.75) is 57.7 Å². The molecule has 0 heterocycles. The highest BCUT2D eigenvalue weighted by Crippen LogP contribution is 2.20. The molecule has 2 N–H and O–H groups in total. The molecule has 0 spiro atoms. The lowest BCUT2D eigenvalue weighted by molar-refractivity contribution is -0.0448. The summed E-state index contributed by atoms with van der Waals surface area (Å²) in [7, 11) is 0. The molecule has 0 saturated carbocycles. The number of halogens is 1. The van der Waals surface area contributed by atoms with Gasteiger partial charge in [0, 0.05) is 0 Å². The van der Waals surface area contributed by atoms with Gasteiger partial charge in [0.1, 0.15) is 6.10 Å². The molecule has 14 heavy (non-hydrogen) atoms. The lowest BCUT2D eigenvalue weighted by Gasteiger charge is -2.26. The van der Waals surface area contributed by atoms with Gasteiger partial charge in [0.05, 0.1) is 5.60 Å². The smallest absolute Gasteiger partial charge is 0.101 e. The summed E-state index contributed by atoms with van der Waals surface area (Å²) in [6, 6.07) is 0. The molecule has 0 rings (SSSR count). The minimum absolute atomic E-state index is 0.662. The van der Waals surface area contributed by atoms with Crippen molar-refractivity contribution in [3.63, 3.8) is 0 Å². The van der Waals surface area contributed by atoms with Crippen LogP contribution >= 0.6 is 22.6 Å². The lowest BCUT2D eigenvalue weighted by Crippen LogP contribution is -2.37. The highest BCUT2D eigenvalue weighted by molar-refractivity contribution is 14.1. The molecule has 0 aromatic heterocycles. The van der Waals surface area contributed by atoms with Crippen LogP contribution in [0.2, 0.25) is 0 Å². The fourth-order valence-electron chi connectivity index (χ4n) is 1.33. The molecule has 84 valence electrons. The van der Waals surface area contributed by atoms with E-state index in [-0.39, 0.29) is 0 Å². The van der Waals surface area contributed by atoms with Crippen LogP contribution in [0, 0.1) is 0 Å². The Kier molecular flexibility index (Phi) is 7.86. The first kappa shape index (κ1) is 14.4. The first-order valence-corrected chi connectivity index (χ1v) is 6.46. The molecule has 0 aliphatic carbocycles. The van der Waals surface area contributed by atoms with Crippen molar-refractivity contribution in [2.75, 3.05) is 0 Å². The Hall–Kier alpha value is 0.390. The van der Waals surface area contributed by atoms with Crippen LogP contribution in [0.25, 0.3) is 0 Å². The molecule has 3 heteroatoms. The Balaban J connectivity index is 3.81. The van der Waals surface area contributed by atoms with E-state index in [1.165, 1.54) is 12.8 Å². The molecule has 0 radical (unpaired) electrons. The summed E-state index contributed by atoms with van der Waals surface area (Å²) >= 11 is 2.04. The Morgan fingerprint density at radius 1 is 1.36 bits per heavy atom. The second kappa shape index (κ2) is 7.65. The van der Waals surface area contributed by atoms with E-state index in [0.29, 0.717) is 6.42 Å². The van der Waals surface area contributed by atoms with Gasteiger partial charge in [0.15, 0.2) is 0 Å². The fourth-order valence-corrected chi connectivity index (χ4v) is 1.73. The predicted molar refractivity (Wildman–Crippen MR) is 68.5 cm³/mol. The maximum Gasteiger partial charge on any atom is 0.101 e. The van der Waals surface area contributed by atoms with Crippen LogP contribution in [0.4, 0.5) is 0 Å². The molecule has 0 aromatic rings. The molecule has 0 bridgehead atoms. The van der Waals surface area contributed by atoms with Crippen LogP contribution < -0.4 is 0 Å². The zero-order valence-electron chi connectivity index (χ0n) is 9.04. The molecular formula is C11H21IO2. The van der Waals surface area contributed by atoms with E-state index in [4.69, 9.17) is 0 Å². The molecule has 0 amide bonds. The van der Waals surface area contributed by atoms with Gasteiger partial charge in [-0.05, 0) is 23.5 Å². The van der Waals surface area contributed by atoms with E-state index >= 15 is 0 Å². The molecule has 0 aliphatic heterocycles. The number of hydrogen-bond acceptors (Lipinski definition) is 2. The largest absolute Gasteiger partial charge is 0.387 e. The van der Waals surface area contributed by atoms with Gasteiger partial charge in [-0.3, -0.25) is 0 Å². The van der Waals surface area contributed by atoms with Crippen molar-refractivity contribution < 1.29 is 10.2 Å². The number of aliphatic hydroxyl groups excluding tert-OH is 1. The van der Waals surface area contributed by atoms with Gasteiger partial charge in [0.2, 0.25) is 0 Å². The number of unbranched alkanes of at least 4 members (excludes halogenated alkanes) is 3. The van der Waals surface area contributed by atoms with E-state index in [9.17, 15) is 10.2 Å². The third-order valence-electron chi connectivity index (χ3n) is 2.43. The van der Waals surface area contributed by atoms with E-state index in [0.717, 1.165) is 12.8 Å². The Labute approximate surface area is 101 Å². The fraction of sp³-hybridized carbons (Fsp3) is 0.818. The van der Waals surface area contributed by atoms with Crippen molar-refractivity contribution in [2.24, 2.45) is 0 Å². The van der Waals surface area contributed by atoms with Gasteiger partial charge in [-0.25, -0.2) is 0 Å². The van der Waals surface area contributed by atoms with Crippen molar-refractivity contribution >= 4 is 22.6 Å². The Bertz CT molecular complexity index is 167. The van der Waals surface area contributed by atoms with Crippen LogP contribution in [0.1, 0.15) is 46.0 Å². The summed E-state index contributed by atoms with van der Waals surface area (Å²) in [5.74, 6) is 0. The molecule has 0 aliphatic rings. The molecule has 2 atom stereocenters. The van der Waals surface area contributed by atoms with Crippen molar-refractivity contribution in [1.29, 1.82) is 0 Å². The maximum atomic E-state index is 9.91. The topological polar surface area (TPSA) is 40.5 Å². The molecule has 2 nitrogen and oxygen atoms in total. The number of rotatable bonds is 7. The minimum Gasteiger partial charge on any atom is -0.387 e. The van der Waals surface area contributed by atoms with Crippen molar-refractivity contribution in [3.8, 4) is 0 Å². The zero-order chi connectivity index (χ0) is 11.0. The molecular weight excluding hydrogens is 291 g/mol. The SMILES string of the molecule is CCCCCCC(C)(O)C(O)C=CI. The summed E-state index contributed by atoms with van der Waals surface area (Å²) in [4.78, 5) is 0. The van der Waals surface area contributed by atoms with Crippen LogP contribution in [0.15, 0.2) is 10.2 Å². The van der Waals surface area contributed by atoms with Gasteiger partial charge in [-0.2, -0.15) is 0 Å². The monoisotopic (exact) mass is 312 g/mol. The van der Waals surface area contributed by atoms with Gasteiger partial charge in [-0.1, -0.05) is 55.2 Å². The molecule has 0 aromatic carbocycles.